The second-order valence-electron chi connectivity index (χ2n) is 7.02. The summed E-state index contributed by atoms with van der Waals surface area (Å²) < 4.78 is 5.20. The number of amides is 1. The number of H-pyrrole nitrogens is 1. The molecule has 1 fully saturated rings. The van der Waals surface area contributed by atoms with Gasteiger partial charge in [-0.1, -0.05) is 0 Å². The summed E-state index contributed by atoms with van der Waals surface area (Å²) in [7, 11) is 1.66. The fraction of sp³-hybridized carbons (Fsp3) is 0.474. The van der Waals surface area contributed by atoms with Crippen LogP contribution in [0.4, 0.5) is 0 Å². The molecule has 1 aliphatic heterocycles. The minimum absolute atomic E-state index is 0. The molecule has 1 aromatic heterocycles. The highest BCUT2D eigenvalue weighted by molar-refractivity contribution is 5.85. The maximum atomic E-state index is 12.7. The molecule has 1 aliphatic carbocycles. The summed E-state index contributed by atoms with van der Waals surface area (Å²) >= 11 is 0. The van der Waals surface area contributed by atoms with Gasteiger partial charge in [-0.25, -0.2) is 4.98 Å². The number of nitrogens with zero attached hydrogens (tertiary/aromatic N) is 2. The molecule has 4 rings (SSSR count). The second-order valence-corrected chi connectivity index (χ2v) is 7.02. The first-order valence-electron chi connectivity index (χ1n) is 8.90. The van der Waals surface area contributed by atoms with Gasteiger partial charge in [0.1, 0.15) is 11.6 Å². The molecule has 2 heterocycles. The Morgan fingerprint density at radius 2 is 2.00 bits per heavy atom. The zero-order chi connectivity index (χ0) is 17.4. The first-order valence-corrected chi connectivity index (χ1v) is 8.90. The van der Waals surface area contributed by atoms with Crippen LogP contribution in [0.5, 0.6) is 5.75 Å². The number of rotatable bonds is 3. The maximum absolute atomic E-state index is 12.7. The highest BCUT2D eigenvalue weighted by Crippen LogP contribution is 2.29. The van der Waals surface area contributed by atoms with E-state index in [4.69, 9.17) is 15.5 Å². The highest BCUT2D eigenvalue weighted by atomic mass is 35.5. The van der Waals surface area contributed by atoms with Crippen molar-refractivity contribution < 1.29 is 9.53 Å². The summed E-state index contributed by atoms with van der Waals surface area (Å²) in [5.74, 6) is 2.02. The van der Waals surface area contributed by atoms with Gasteiger partial charge in [0, 0.05) is 30.5 Å². The molecular formula is C19H26Cl2N4O2. The topological polar surface area (TPSA) is 84.2 Å². The summed E-state index contributed by atoms with van der Waals surface area (Å²) in [4.78, 5) is 22.8. The van der Waals surface area contributed by atoms with Gasteiger partial charge in [-0.15, -0.1) is 24.8 Å². The number of methoxy groups -OCH3 is 1. The van der Waals surface area contributed by atoms with Gasteiger partial charge in [0.05, 0.1) is 25.0 Å². The molecule has 6 nitrogen and oxygen atoms in total. The Morgan fingerprint density at radius 3 is 2.63 bits per heavy atom. The summed E-state index contributed by atoms with van der Waals surface area (Å²) in [6.45, 7) is 1.35. The molecule has 2 aliphatic rings. The van der Waals surface area contributed by atoms with Crippen molar-refractivity contribution in [2.45, 2.75) is 38.3 Å². The Morgan fingerprint density at radius 1 is 1.26 bits per heavy atom. The second kappa shape index (κ2) is 8.95. The third kappa shape index (κ3) is 4.39. The molecule has 0 spiro atoms. The van der Waals surface area contributed by atoms with Crippen molar-refractivity contribution in [3.63, 3.8) is 0 Å². The fourth-order valence-corrected chi connectivity index (χ4v) is 3.87. The van der Waals surface area contributed by atoms with Gasteiger partial charge in [0.15, 0.2) is 0 Å². The Hall–Kier alpha value is -1.76. The molecule has 0 radical (unpaired) electrons. The van der Waals surface area contributed by atoms with E-state index in [2.05, 4.69) is 4.98 Å². The van der Waals surface area contributed by atoms with Gasteiger partial charge in [0.2, 0.25) is 5.91 Å². The first-order chi connectivity index (χ1) is 12.1. The lowest BCUT2D eigenvalue weighted by molar-refractivity contribution is -0.136. The van der Waals surface area contributed by atoms with E-state index < -0.39 is 0 Å². The predicted octanol–water partition coefficient (Wildman–Crippen LogP) is 2.94. The minimum atomic E-state index is 0. The minimum Gasteiger partial charge on any atom is -0.497 e. The van der Waals surface area contributed by atoms with Gasteiger partial charge in [0.25, 0.3) is 0 Å². The van der Waals surface area contributed by atoms with Gasteiger partial charge in [-0.05, 0) is 43.5 Å². The molecule has 3 N–H and O–H groups in total. The molecule has 8 heteroatoms. The highest BCUT2D eigenvalue weighted by Gasteiger charge is 2.33. The smallest absolute Gasteiger partial charge is 0.226 e. The number of imidazole rings is 1. The van der Waals surface area contributed by atoms with E-state index in [1.807, 2.05) is 29.2 Å². The summed E-state index contributed by atoms with van der Waals surface area (Å²) in [5, 5.41) is 0. The number of carbonyl (C=O) groups is 1. The number of halogens is 2. The number of hydrogen-bond acceptors (Lipinski definition) is 4. The molecular weight excluding hydrogens is 387 g/mol. The Labute approximate surface area is 171 Å². The zero-order valence-corrected chi connectivity index (χ0v) is 16.9. The number of hydrogen-bond donors (Lipinski definition) is 2. The van der Waals surface area contributed by atoms with Crippen molar-refractivity contribution in [3.8, 4) is 17.1 Å². The summed E-state index contributed by atoms with van der Waals surface area (Å²) in [5.41, 5.74) is 9.10. The Balaban J connectivity index is 0.00000131. The van der Waals surface area contributed by atoms with Gasteiger partial charge in [-0.3, -0.25) is 4.79 Å². The molecule has 0 unspecified atom stereocenters. The number of nitrogens with two attached hydrogens (primary N) is 1. The van der Waals surface area contributed by atoms with E-state index in [0.717, 1.165) is 60.8 Å². The molecule has 0 bridgehead atoms. The van der Waals surface area contributed by atoms with Crippen LogP contribution in [0.1, 0.15) is 30.7 Å². The van der Waals surface area contributed by atoms with E-state index in [1.54, 1.807) is 7.11 Å². The van der Waals surface area contributed by atoms with Gasteiger partial charge in [-0.2, -0.15) is 0 Å². The van der Waals surface area contributed by atoms with Gasteiger partial charge >= 0.3 is 0 Å². The number of carbonyl (C=O) groups excluding carboxylic acids is 1. The normalized spacial score (nSPS) is 21.0. The molecule has 0 saturated heterocycles. The lowest BCUT2D eigenvalue weighted by Gasteiger charge is -2.28. The average Bonchev–Trinajstić information content (AvgIpc) is 3.26. The molecule has 1 aromatic carbocycles. The molecule has 148 valence electrons. The van der Waals surface area contributed by atoms with Crippen LogP contribution in [0.3, 0.4) is 0 Å². The van der Waals surface area contributed by atoms with Crippen molar-refractivity contribution in [3.05, 3.63) is 35.7 Å². The van der Waals surface area contributed by atoms with Crippen molar-refractivity contribution in [2.75, 3.05) is 13.7 Å². The third-order valence-corrected chi connectivity index (χ3v) is 5.33. The summed E-state index contributed by atoms with van der Waals surface area (Å²) in [6.07, 6.45) is 3.50. The van der Waals surface area contributed by atoms with Crippen LogP contribution in [0.15, 0.2) is 24.3 Å². The number of fused-ring (bicyclic) bond motifs is 1. The molecule has 27 heavy (non-hydrogen) atoms. The Kier molecular flexibility index (Phi) is 7.14. The number of aromatic amines is 1. The standard InChI is InChI=1S/C19H24N4O2.2ClH/c1-25-15-6-3-12(4-7-15)18-21-16-8-9-23(11-17(16)22-18)19(24)13-2-5-14(20)10-13;;/h3-4,6-7,13-14H,2,5,8-11,20H2,1H3,(H,21,22);2*1H/t13-,14+;;/m0../s1. The van der Waals surface area contributed by atoms with Crippen molar-refractivity contribution in [1.29, 1.82) is 0 Å². The predicted molar refractivity (Wildman–Crippen MR) is 110 cm³/mol. The van der Waals surface area contributed by atoms with Crippen molar-refractivity contribution in [2.24, 2.45) is 11.7 Å². The fourth-order valence-electron chi connectivity index (χ4n) is 3.87. The van der Waals surface area contributed by atoms with E-state index in [-0.39, 0.29) is 42.7 Å². The van der Waals surface area contributed by atoms with Crippen LogP contribution in [0, 0.1) is 5.92 Å². The number of aromatic nitrogens is 2. The van der Waals surface area contributed by atoms with Crippen molar-refractivity contribution in [1.82, 2.24) is 14.9 Å². The van der Waals surface area contributed by atoms with E-state index >= 15 is 0 Å². The SMILES string of the molecule is COc1ccc(-c2nc3c([nH]2)CN(C(=O)[C@H]2CC[C@@H](N)C2)CC3)cc1.Cl.Cl. The van der Waals surface area contributed by atoms with Gasteiger partial charge < -0.3 is 20.4 Å². The molecule has 1 saturated carbocycles. The van der Waals surface area contributed by atoms with E-state index in [9.17, 15) is 4.79 Å². The van der Waals surface area contributed by atoms with E-state index in [0.29, 0.717) is 6.54 Å². The Bertz CT molecular complexity index is 779. The first kappa shape index (κ1) is 21.5. The van der Waals surface area contributed by atoms with Crippen LogP contribution in [-0.2, 0) is 17.8 Å². The lowest BCUT2D eigenvalue weighted by atomic mass is 10.0. The lowest BCUT2D eigenvalue weighted by Crippen LogP contribution is -2.39. The van der Waals surface area contributed by atoms with Crippen LogP contribution < -0.4 is 10.5 Å². The van der Waals surface area contributed by atoms with E-state index in [1.165, 1.54) is 0 Å². The number of nitrogens with one attached hydrogen (secondary N) is 1. The molecule has 2 aromatic rings. The molecule has 2 atom stereocenters. The van der Waals surface area contributed by atoms with Crippen LogP contribution >= 0.6 is 24.8 Å². The average molecular weight is 413 g/mol. The van der Waals surface area contributed by atoms with Crippen LogP contribution in [0.25, 0.3) is 11.4 Å². The zero-order valence-electron chi connectivity index (χ0n) is 15.3. The maximum Gasteiger partial charge on any atom is 0.226 e. The third-order valence-electron chi connectivity index (χ3n) is 5.33. The number of ether oxygens (including phenoxy) is 1. The van der Waals surface area contributed by atoms with Crippen LogP contribution in [-0.4, -0.2) is 40.5 Å². The number of benzene rings is 1. The van der Waals surface area contributed by atoms with Crippen molar-refractivity contribution >= 4 is 30.7 Å². The van der Waals surface area contributed by atoms with Crippen LogP contribution in [0.2, 0.25) is 0 Å². The summed E-state index contributed by atoms with van der Waals surface area (Å²) in [6, 6.07) is 8.02. The monoisotopic (exact) mass is 412 g/mol. The quantitative estimate of drug-likeness (QED) is 0.811. The largest absolute Gasteiger partial charge is 0.497 e. The molecule has 1 amide bonds.